The molecule has 0 radical (unpaired) electrons. The molecule has 2 aromatic carbocycles. The zero-order valence-electron chi connectivity index (χ0n) is 19.5. The Labute approximate surface area is 202 Å². The summed E-state index contributed by atoms with van der Waals surface area (Å²) in [5.74, 6) is 0.00865. The molecule has 0 fully saturated rings. The van der Waals surface area contributed by atoms with Gasteiger partial charge in [0.25, 0.3) is 5.91 Å². The highest BCUT2D eigenvalue weighted by atomic mass is 32.1. The summed E-state index contributed by atoms with van der Waals surface area (Å²) < 4.78 is 11.1. The van der Waals surface area contributed by atoms with Gasteiger partial charge in [-0.1, -0.05) is 30.3 Å². The fraction of sp³-hybridized carbons (Fsp3) is 0.240. The van der Waals surface area contributed by atoms with Crippen LogP contribution in [0.15, 0.2) is 54.6 Å². The van der Waals surface area contributed by atoms with E-state index < -0.39 is 5.97 Å². The molecule has 2 N–H and O–H groups in total. The van der Waals surface area contributed by atoms with Gasteiger partial charge in [0.15, 0.2) is 5.75 Å². The molecule has 2 amide bonds. The van der Waals surface area contributed by atoms with Gasteiger partial charge in [-0.05, 0) is 43.7 Å². The van der Waals surface area contributed by atoms with Gasteiger partial charge in [-0.15, -0.1) is 11.3 Å². The number of rotatable bonds is 9. The molecule has 0 atom stereocenters. The van der Waals surface area contributed by atoms with Crippen molar-refractivity contribution >= 4 is 39.8 Å². The second-order valence-corrected chi connectivity index (χ2v) is 8.37. The van der Waals surface area contributed by atoms with Crippen LogP contribution in [-0.4, -0.2) is 45.0 Å². The summed E-state index contributed by atoms with van der Waals surface area (Å²) in [4.78, 5) is 39.8. The molecule has 0 spiro atoms. The van der Waals surface area contributed by atoms with Gasteiger partial charge in [0, 0.05) is 14.1 Å². The number of anilines is 2. The minimum absolute atomic E-state index is 0.0102. The van der Waals surface area contributed by atoms with Crippen LogP contribution in [0.5, 0.6) is 11.5 Å². The summed E-state index contributed by atoms with van der Waals surface area (Å²) in [6.45, 7) is 3.52. The Balaban J connectivity index is 1.80. The van der Waals surface area contributed by atoms with Crippen LogP contribution in [0.4, 0.5) is 10.7 Å². The standard InChI is InChI=1S/C25H27N3O5S/c1-5-32-25(31)21-16(2)22(23(30)26-3)34-24(21)27-20(29)15-28(4)18-13-9-10-14-19(18)33-17-11-7-6-8-12-17/h6-14H,5,15H2,1-4H3,(H,26,30)(H,27,29). The molecular weight excluding hydrogens is 454 g/mol. The lowest BCUT2D eigenvalue weighted by Crippen LogP contribution is -2.30. The Kier molecular flexibility index (Phi) is 8.26. The number of carbonyl (C=O) groups is 3. The summed E-state index contributed by atoms with van der Waals surface area (Å²) in [6.07, 6.45) is 0. The number of carbonyl (C=O) groups excluding carboxylic acids is 3. The normalized spacial score (nSPS) is 10.4. The molecule has 0 unspecified atom stereocenters. The highest BCUT2D eigenvalue weighted by Gasteiger charge is 2.26. The second kappa shape index (κ2) is 11.3. The van der Waals surface area contributed by atoms with Crippen molar-refractivity contribution in [1.82, 2.24) is 5.32 Å². The highest BCUT2D eigenvalue weighted by molar-refractivity contribution is 7.18. The first kappa shape index (κ1) is 24.8. The number of esters is 1. The van der Waals surface area contributed by atoms with Crippen molar-refractivity contribution in [3.8, 4) is 11.5 Å². The summed E-state index contributed by atoms with van der Waals surface area (Å²) in [5.41, 5.74) is 1.38. The molecule has 0 aliphatic heterocycles. The molecule has 0 saturated carbocycles. The van der Waals surface area contributed by atoms with E-state index in [0.717, 1.165) is 17.0 Å². The van der Waals surface area contributed by atoms with Crippen molar-refractivity contribution in [3.63, 3.8) is 0 Å². The lowest BCUT2D eigenvalue weighted by atomic mass is 10.1. The van der Waals surface area contributed by atoms with E-state index in [1.54, 1.807) is 25.8 Å². The Morgan fingerprint density at radius 1 is 1.03 bits per heavy atom. The summed E-state index contributed by atoms with van der Waals surface area (Å²) in [5, 5.41) is 5.61. The molecule has 178 valence electrons. The first-order chi connectivity index (χ1) is 16.3. The number of nitrogens with zero attached hydrogens (tertiary/aromatic N) is 1. The Hall–Kier alpha value is -3.85. The monoisotopic (exact) mass is 481 g/mol. The van der Waals surface area contributed by atoms with Gasteiger partial charge in [0.05, 0.1) is 29.3 Å². The van der Waals surface area contributed by atoms with Crippen LogP contribution in [-0.2, 0) is 9.53 Å². The SMILES string of the molecule is CCOC(=O)c1c(NC(=O)CN(C)c2ccccc2Oc2ccccc2)sc(C(=O)NC)c1C. The first-order valence-electron chi connectivity index (χ1n) is 10.7. The number of benzene rings is 2. The number of amides is 2. The molecule has 1 heterocycles. The van der Waals surface area contributed by atoms with Crippen LogP contribution in [0.1, 0.15) is 32.5 Å². The van der Waals surface area contributed by atoms with Crippen LogP contribution < -0.4 is 20.3 Å². The third-order valence-corrected chi connectivity index (χ3v) is 6.15. The van der Waals surface area contributed by atoms with Crippen molar-refractivity contribution < 1.29 is 23.9 Å². The summed E-state index contributed by atoms with van der Waals surface area (Å²) >= 11 is 1.04. The second-order valence-electron chi connectivity index (χ2n) is 7.35. The lowest BCUT2D eigenvalue weighted by Gasteiger charge is -2.21. The molecule has 0 aliphatic carbocycles. The molecule has 3 aromatic rings. The third-order valence-electron chi connectivity index (χ3n) is 4.94. The van der Waals surface area contributed by atoms with Gasteiger partial charge in [-0.3, -0.25) is 9.59 Å². The smallest absolute Gasteiger partial charge is 0.341 e. The van der Waals surface area contributed by atoms with Crippen LogP contribution in [0.25, 0.3) is 0 Å². The molecule has 8 nitrogen and oxygen atoms in total. The average Bonchev–Trinajstić information content (AvgIpc) is 3.15. The quantitative estimate of drug-likeness (QED) is 0.438. The average molecular weight is 482 g/mol. The Bertz CT molecular complexity index is 1180. The fourth-order valence-corrected chi connectivity index (χ4v) is 4.48. The molecule has 1 aromatic heterocycles. The van der Waals surface area contributed by atoms with Crippen LogP contribution >= 0.6 is 11.3 Å². The maximum atomic E-state index is 12.9. The van der Waals surface area contributed by atoms with E-state index in [1.807, 2.05) is 54.6 Å². The maximum Gasteiger partial charge on any atom is 0.341 e. The molecular formula is C25H27N3O5S. The van der Waals surface area contributed by atoms with Gasteiger partial charge in [0.2, 0.25) is 5.91 Å². The van der Waals surface area contributed by atoms with E-state index in [9.17, 15) is 14.4 Å². The van der Waals surface area contributed by atoms with Crippen LogP contribution in [0.2, 0.25) is 0 Å². The number of para-hydroxylation sites is 3. The van der Waals surface area contributed by atoms with E-state index in [0.29, 0.717) is 21.9 Å². The van der Waals surface area contributed by atoms with Gasteiger partial charge in [0.1, 0.15) is 10.8 Å². The third kappa shape index (κ3) is 5.74. The first-order valence-corrected chi connectivity index (χ1v) is 11.5. The Morgan fingerprint density at radius 3 is 2.38 bits per heavy atom. The molecule has 0 saturated heterocycles. The molecule has 0 aliphatic rings. The van der Waals surface area contributed by atoms with E-state index in [1.165, 1.54) is 7.05 Å². The van der Waals surface area contributed by atoms with Crippen molar-refractivity contribution in [2.75, 3.05) is 37.5 Å². The molecule has 0 bridgehead atoms. The van der Waals surface area contributed by atoms with Crippen LogP contribution in [0, 0.1) is 6.92 Å². The van der Waals surface area contributed by atoms with E-state index in [2.05, 4.69) is 10.6 Å². The molecule has 9 heteroatoms. The molecule has 3 rings (SSSR count). The van der Waals surface area contributed by atoms with Crippen molar-refractivity contribution in [2.24, 2.45) is 0 Å². The number of hydrogen-bond donors (Lipinski definition) is 2. The number of nitrogens with one attached hydrogen (secondary N) is 2. The Morgan fingerprint density at radius 2 is 1.71 bits per heavy atom. The van der Waals surface area contributed by atoms with E-state index in [4.69, 9.17) is 9.47 Å². The van der Waals surface area contributed by atoms with Gasteiger partial charge in [-0.25, -0.2) is 4.79 Å². The van der Waals surface area contributed by atoms with E-state index in [-0.39, 0.29) is 35.5 Å². The van der Waals surface area contributed by atoms with Gasteiger partial charge in [-0.2, -0.15) is 0 Å². The molecule has 34 heavy (non-hydrogen) atoms. The van der Waals surface area contributed by atoms with Crippen LogP contribution in [0.3, 0.4) is 0 Å². The highest BCUT2D eigenvalue weighted by Crippen LogP contribution is 2.34. The number of likely N-dealkylation sites (N-methyl/N-ethyl adjacent to an activating group) is 1. The fourth-order valence-electron chi connectivity index (χ4n) is 3.32. The minimum Gasteiger partial charge on any atom is -0.462 e. The van der Waals surface area contributed by atoms with E-state index >= 15 is 0 Å². The maximum absolute atomic E-state index is 12.9. The predicted octanol–water partition coefficient (Wildman–Crippen LogP) is 4.46. The lowest BCUT2D eigenvalue weighted by molar-refractivity contribution is -0.114. The van der Waals surface area contributed by atoms with Crippen molar-refractivity contribution in [1.29, 1.82) is 0 Å². The van der Waals surface area contributed by atoms with Crippen molar-refractivity contribution in [2.45, 2.75) is 13.8 Å². The largest absolute Gasteiger partial charge is 0.462 e. The topological polar surface area (TPSA) is 97.0 Å². The van der Waals surface area contributed by atoms with Gasteiger partial charge >= 0.3 is 5.97 Å². The zero-order chi connectivity index (χ0) is 24.7. The summed E-state index contributed by atoms with van der Waals surface area (Å²) in [7, 11) is 3.28. The van der Waals surface area contributed by atoms with Gasteiger partial charge < -0.3 is 25.0 Å². The number of thiophene rings is 1. The van der Waals surface area contributed by atoms with Crippen molar-refractivity contribution in [3.05, 3.63) is 70.6 Å². The predicted molar refractivity (Wildman–Crippen MR) is 133 cm³/mol. The summed E-state index contributed by atoms with van der Waals surface area (Å²) in [6, 6.07) is 16.8. The number of ether oxygens (including phenoxy) is 2. The minimum atomic E-state index is -0.586. The zero-order valence-corrected chi connectivity index (χ0v) is 20.3. The number of hydrogen-bond acceptors (Lipinski definition) is 7.